The van der Waals surface area contributed by atoms with Crippen LogP contribution in [-0.4, -0.2) is 49.3 Å². The SMILES string of the molecule is CCNCC1CCCN(CC2CCC3(CCCCC3)O2)C1. The van der Waals surface area contributed by atoms with Gasteiger partial charge in [-0.05, 0) is 64.1 Å². The summed E-state index contributed by atoms with van der Waals surface area (Å²) in [7, 11) is 0. The number of hydrogen-bond acceptors (Lipinski definition) is 3. The fourth-order valence-corrected chi connectivity index (χ4v) is 4.71. The minimum Gasteiger partial charge on any atom is -0.370 e. The van der Waals surface area contributed by atoms with Gasteiger partial charge in [0.15, 0.2) is 0 Å². The van der Waals surface area contributed by atoms with Gasteiger partial charge in [-0.15, -0.1) is 0 Å². The molecule has 3 nitrogen and oxygen atoms in total. The van der Waals surface area contributed by atoms with Gasteiger partial charge >= 0.3 is 0 Å². The summed E-state index contributed by atoms with van der Waals surface area (Å²) in [5.41, 5.74) is 0.294. The highest BCUT2D eigenvalue weighted by Crippen LogP contribution is 2.42. The van der Waals surface area contributed by atoms with Crippen molar-refractivity contribution in [2.45, 2.75) is 76.4 Å². The third kappa shape index (κ3) is 4.20. The number of rotatable bonds is 5. The predicted octanol–water partition coefficient (Wildman–Crippen LogP) is 3.19. The van der Waals surface area contributed by atoms with Crippen LogP contribution in [0.15, 0.2) is 0 Å². The second kappa shape index (κ2) is 7.43. The molecule has 0 aromatic heterocycles. The Morgan fingerprint density at radius 1 is 1.10 bits per heavy atom. The van der Waals surface area contributed by atoms with E-state index in [9.17, 15) is 0 Å². The number of likely N-dealkylation sites (tertiary alicyclic amines) is 1. The van der Waals surface area contributed by atoms with Crippen molar-refractivity contribution in [3.8, 4) is 0 Å². The van der Waals surface area contributed by atoms with Gasteiger partial charge in [0.25, 0.3) is 0 Å². The molecule has 2 aliphatic heterocycles. The molecule has 21 heavy (non-hydrogen) atoms. The second-order valence-electron chi connectivity index (χ2n) is 7.60. The second-order valence-corrected chi connectivity index (χ2v) is 7.60. The third-order valence-corrected chi connectivity index (χ3v) is 5.85. The lowest BCUT2D eigenvalue weighted by Gasteiger charge is -2.36. The molecule has 0 amide bonds. The molecule has 2 atom stereocenters. The van der Waals surface area contributed by atoms with E-state index in [1.54, 1.807) is 0 Å². The van der Waals surface area contributed by atoms with Crippen LogP contribution >= 0.6 is 0 Å². The van der Waals surface area contributed by atoms with Crippen LogP contribution in [0.3, 0.4) is 0 Å². The monoisotopic (exact) mass is 294 g/mol. The van der Waals surface area contributed by atoms with Crippen LogP contribution < -0.4 is 5.32 Å². The Kier molecular flexibility index (Phi) is 5.58. The van der Waals surface area contributed by atoms with Crippen molar-refractivity contribution in [2.75, 3.05) is 32.7 Å². The van der Waals surface area contributed by atoms with Gasteiger partial charge in [0, 0.05) is 13.1 Å². The van der Waals surface area contributed by atoms with Crippen LogP contribution in [0.1, 0.15) is 64.7 Å². The molecular weight excluding hydrogens is 260 g/mol. The molecule has 2 unspecified atom stereocenters. The van der Waals surface area contributed by atoms with E-state index in [1.807, 2.05) is 0 Å². The minimum atomic E-state index is 0.294. The predicted molar refractivity (Wildman–Crippen MR) is 87.6 cm³/mol. The van der Waals surface area contributed by atoms with Gasteiger partial charge in [-0.1, -0.05) is 26.2 Å². The van der Waals surface area contributed by atoms with Crippen LogP contribution in [-0.2, 0) is 4.74 Å². The van der Waals surface area contributed by atoms with E-state index >= 15 is 0 Å². The van der Waals surface area contributed by atoms with E-state index in [1.165, 1.54) is 84.0 Å². The van der Waals surface area contributed by atoms with E-state index in [-0.39, 0.29) is 0 Å². The summed E-state index contributed by atoms with van der Waals surface area (Å²) in [6, 6.07) is 0. The van der Waals surface area contributed by atoms with Crippen molar-refractivity contribution < 1.29 is 4.74 Å². The highest BCUT2D eigenvalue weighted by molar-refractivity contribution is 4.92. The fourth-order valence-electron chi connectivity index (χ4n) is 4.71. The summed E-state index contributed by atoms with van der Waals surface area (Å²) in [6.07, 6.45) is 12.8. The topological polar surface area (TPSA) is 24.5 Å². The number of piperidine rings is 1. The molecule has 1 N–H and O–H groups in total. The zero-order valence-corrected chi connectivity index (χ0v) is 13.9. The largest absolute Gasteiger partial charge is 0.370 e. The van der Waals surface area contributed by atoms with E-state index in [4.69, 9.17) is 4.74 Å². The quantitative estimate of drug-likeness (QED) is 0.843. The molecule has 1 spiro atoms. The summed E-state index contributed by atoms with van der Waals surface area (Å²) in [4.78, 5) is 2.68. The first kappa shape index (κ1) is 15.8. The average Bonchev–Trinajstić information content (AvgIpc) is 2.88. The highest BCUT2D eigenvalue weighted by Gasteiger charge is 2.41. The van der Waals surface area contributed by atoms with Crippen molar-refractivity contribution in [3.05, 3.63) is 0 Å². The average molecular weight is 294 g/mol. The van der Waals surface area contributed by atoms with Gasteiger partial charge in [-0.25, -0.2) is 0 Å². The van der Waals surface area contributed by atoms with Crippen LogP contribution in [0.2, 0.25) is 0 Å². The van der Waals surface area contributed by atoms with Crippen LogP contribution in [0.25, 0.3) is 0 Å². The van der Waals surface area contributed by atoms with Crippen molar-refractivity contribution >= 4 is 0 Å². The van der Waals surface area contributed by atoms with E-state index in [0.717, 1.165) is 12.5 Å². The Labute approximate surface area is 130 Å². The number of hydrogen-bond donors (Lipinski definition) is 1. The van der Waals surface area contributed by atoms with Crippen molar-refractivity contribution in [1.82, 2.24) is 10.2 Å². The number of ether oxygens (including phenoxy) is 1. The smallest absolute Gasteiger partial charge is 0.0710 e. The molecule has 3 rings (SSSR count). The molecular formula is C18H34N2O. The Morgan fingerprint density at radius 3 is 2.76 bits per heavy atom. The van der Waals surface area contributed by atoms with Gasteiger partial charge in [-0.3, -0.25) is 0 Å². The van der Waals surface area contributed by atoms with Crippen molar-refractivity contribution in [2.24, 2.45) is 5.92 Å². The molecule has 0 radical (unpaired) electrons. The summed E-state index contributed by atoms with van der Waals surface area (Å²) in [5, 5.41) is 3.52. The standard InChI is InChI=1S/C18H34N2O/c1-2-19-13-16-7-6-12-20(14-16)15-17-8-11-18(21-17)9-4-3-5-10-18/h16-17,19H,2-15H2,1H3. The molecule has 2 heterocycles. The first-order valence-electron chi connectivity index (χ1n) is 9.40. The molecule has 0 aromatic carbocycles. The fraction of sp³-hybridized carbons (Fsp3) is 1.00. The molecule has 3 aliphatic rings. The first-order chi connectivity index (χ1) is 10.3. The first-order valence-corrected chi connectivity index (χ1v) is 9.40. The van der Waals surface area contributed by atoms with Gasteiger partial charge in [0.2, 0.25) is 0 Å². The maximum atomic E-state index is 6.55. The maximum absolute atomic E-state index is 6.55. The third-order valence-electron chi connectivity index (χ3n) is 5.85. The van der Waals surface area contributed by atoms with E-state index in [2.05, 4.69) is 17.1 Å². The zero-order valence-electron chi connectivity index (χ0n) is 13.9. The summed E-state index contributed by atoms with van der Waals surface area (Å²) >= 11 is 0. The molecule has 0 aromatic rings. The van der Waals surface area contributed by atoms with Crippen molar-refractivity contribution in [1.29, 1.82) is 0 Å². The Hall–Kier alpha value is -0.120. The molecule has 3 fully saturated rings. The van der Waals surface area contributed by atoms with E-state index in [0.29, 0.717) is 11.7 Å². The lowest BCUT2D eigenvalue weighted by atomic mass is 9.83. The number of nitrogens with zero attached hydrogens (tertiary/aromatic N) is 1. The summed E-state index contributed by atoms with van der Waals surface area (Å²) < 4.78 is 6.55. The number of nitrogens with one attached hydrogen (secondary N) is 1. The van der Waals surface area contributed by atoms with Crippen molar-refractivity contribution in [3.63, 3.8) is 0 Å². The molecule has 1 saturated carbocycles. The summed E-state index contributed by atoms with van der Waals surface area (Å²) in [6.45, 7) is 8.25. The van der Waals surface area contributed by atoms with Gasteiger partial charge in [-0.2, -0.15) is 0 Å². The Morgan fingerprint density at radius 2 is 1.95 bits per heavy atom. The van der Waals surface area contributed by atoms with Crippen LogP contribution in [0, 0.1) is 5.92 Å². The maximum Gasteiger partial charge on any atom is 0.0710 e. The molecule has 1 aliphatic carbocycles. The van der Waals surface area contributed by atoms with E-state index < -0.39 is 0 Å². The highest BCUT2D eigenvalue weighted by atomic mass is 16.5. The normalized spacial score (nSPS) is 33.6. The van der Waals surface area contributed by atoms with Crippen LogP contribution in [0.4, 0.5) is 0 Å². The lowest BCUT2D eigenvalue weighted by molar-refractivity contribution is -0.0740. The zero-order chi connectivity index (χ0) is 14.5. The summed E-state index contributed by atoms with van der Waals surface area (Å²) in [5.74, 6) is 0.851. The lowest BCUT2D eigenvalue weighted by Crippen LogP contribution is -2.43. The Balaban J connectivity index is 1.44. The molecule has 2 saturated heterocycles. The molecule has 3 heteroatoms. The van der Waals surface area contributed by atoms with Gasteiger partial charge in [0.1, 0.15) is 0 Å². The van der Waals surface area contributed by atoms with Crippen LogP contribution in [0.5, 0.6) is 0 Å². The van der Waals surface area contributed by atoms with Gasteiger partial charge in [0.05, 0.1) is 11.7 Å². The minimum absolute atomic E-state index is 0.294. The molecule has 0 bridgehead atoms. The van der Waals surface area contributed by atoms with Gasteiger partial charge < -0.3 is 15.0 Å². The molecule has 122 valence electrons. The Bertz CT molecular complexity index is 314.